The summed E-state index contributed by atoms with van der Waals surface area (Å²) in [7, 11) is 2.29. The van der Waals surface area contributed by atoms with Crippen LogP contribution in [0.2, 0.25) is 0 Å². The van der Waals surface area contributed by atoms with Crippen LogP contribution in [0.4, 0.5) is 0 Å². The molecule has 1 N–H and O–H groups in total. The summed E-state index contributed by atoms with van der Waals surface area (Å²) in [6.07, 6.45) is 4.86. The molecule has 1 aliphatic carbocycles. The van der Waals surface area contributed by atoms with E-state index in [1.807, 2.05) is 0 Å². The Morgan fingerprint density at radius 1 is 1.36 bits per heavy atom. The monoisotopic (exact) mass is 176 g/mol. The summed E-state index contributed by atoms with van der Waals surface area (Å²) >= 11 is 0. The van der Waals surface area contributed by atoms with Gasteiger partial charge in [0.25, 0.3) is 0 Å². The molecule has 0 aromatic carbocycles. The SMILES string of the molecule is OC[C@H]1CCC[C@@H](COP)C1. The molecule has 1 unspecified atom stereocenters. The molecule has 0 amide bonds. The number of hydrogen-bond donors (Lipinski definition) is 1. The maximum Gasteiger partial charge on any atom is 0.0530 e. The van der Waals surface area contributed by atoms with Crippen molar-refractivity contribution in [3.05, 3.63) is 0 Å². The van der Waals surface area contributed by atoms with Crippen LogP contribution in [0.1, 0.15) is 25.7 Å². The fraction of sp³-hybridized carbons (Fsp3) is 1.00. The van der Waals surface area contributed by atoms with E-state index >= 15 is 0 Å². The largest absolute Gasteiger partial charge is 0.396 e. The van der Waals surface area contributed by atoms with E-state index in [0.717, 1.165) is 13.0 Å². The van der Waals surface area contributed by atoms with Gasteiger partial charge in [0.1, 0.15) is 0 Å². The van der Waals surface area contributed by atoms with Crippen LogP contribution in [0.3, 0.4) is 0 Å². The van der Waals surface area contributed by atoms with Gasteiger partial charge < -0.3 is 9.63 Å². The Bertz CT molecular complexity index is 106. The van der Waals surface area contributed by atoms with E-state index in [4.69, 9.17) is 9.63 Å². The topological polar surface area (TPSA) is 29.5 Å². The van der Waals surface area contributed by atoms with Crippen molar-refractivity contribution >= 4 is 9.47 Å². The fourth-order valence-electron chi connectivity index (χ4n) is 1.86. The highest BCUT2D eigenvalue weighted by atomic mass is 31.0. The van der Waals surface area contributed by atoms with E-state index in [2.05, 4.69) is 9.47 Å². The molecular weight excluding hydrogens is 159 g/mol. The molecule has 3 atom stereocenters. The van der Waals surface area contributed by atoms with Gasteiger partial charge in [-0.15, -0.1) is 0 Å². The van der Waals surface area contributed by atoms with Gasteiger partial charge in [-0.25, -0.2) is 0 Å². The minimum absolute atomic E-state index is 0.355. The van der Waals surface area contributed by atoms with Crippen LogP contribution < -0.4 is 0 Å². The Kier molecular flexibility index (Phi) is 4.36. The average molecular weight is 176 g/mol. The van der Waals surface area contributed by atoms with E-state index in [0.29, 0.717) is 18.4 Å². The summed E-state index contributed by atoms with van der Waals surface area (Å²) in [6, 6.07) is 0. The van der Waals surface area contributed by atoms with Gasteiger partial charge in [0, 0.05) is 16.1 Å². The molecule has 66 valence electrons. The van der Waals surface area contributed by atoms with Gasteiger partial charge in [-0.3, -0.25) is 0 Å². The van der Waals surface area contributed by atoms with Gasteiger partial charge in [0.15, 0.2) is 0 Å². The summed E-state index contributed by atoms with van der Waals surface area (Å²) in [5, 5.41) is 8.93. The zero-order valence-corrected chi connectivity index (χ0v) is 7.98. The summed E-state index contributed by atoms with van der Waals surface area (Å²) in [6.45, 7) is 1.19. The minimum Gasteiger partial charge on any atom is -0.396 e. The van der Waals surface area contributed by atoms with Crippen molar-refractivity contribution in [3.8, 4) is 0 Å². The average Bonchev–Trinajstić information content (AvgIpc) is 2.06. The van der Waals surface area contributed by atoms with Gasteiger partial charge in [0.2, 0.25) is 0 Å². The molecule has 0 aromatic heterocycles. The molecule has 3 heteroatoms. The zero-order chi connectivity index (χ0) is 8.10. The standard InChI is InChI=1S/C8H17O2P/c9-5-7-2-1-3-8(4-7)6-10-11/h7-9H,1-6,11H2/t7-,8+/m0/s1. The molecule has 0 heterocycles. The molecule has 1 fully saturated rings. The normalized spacial score (nSPS) is 32.2. The van der Waals surface area contributed by atoms with Crippen molar-refractivity contribution in [1.82, 2.24) is 0 Å². The Balaban J connectivity index is 2.21. The third-order valence-corrected chi connectivity index (χ3v) is 2.67. The quantitative estimate of drug-likeness (QED) is 0.662. The number of rotatable bonds is 3. The molecular formula is C8H17O2P. The lowest BCUT2D eigenvalue weighted by Gasteiger charge is -2.26. The van der Waals surface area contributed by atoms with Crippen LogP contribution in [0.25, 0.3) is 0 Å². The first kappa shape index (κ1) is 9.44. The maximum absolute atomic E-state index is 8.93. The van der Waals surface area contributed by atoms with E-state index in [1.165, 1.54) is 19.3 Å². The molecule has 0 saturated heterocycles. The smallest absolute Gasteiger partial charge is 0.0530 e. The van der Waals surface area contributed by atoms with E-state index in [9.17, 15) is 0 Å². The summed E-state index contributed by atoms with van der Waals surface area (Å²) in [4.78, 5) is 0. The lowest BCUT2D eigenvalue weighted by Crippen LogP contribution is -2.20. The highest BCUT2D eigenvalue weighted by Crippen LogP contribution is 2.28. The van der Waals surface area contributed by atoms with Crippen LogP contribution in [0.5, 0.6) is 0 Å². The second-order valence-corrected chi connectivity index (χ2v) is 3.75. The lowest BCUT2D eigenvalue weighted by molar-refractivity contribution is 0.136. The highest BCUT2D eigenvalue weighted by Gasteiger charge is 2.20. The van der Waals surface area contributed by atoms with Gasteiger partial charge >= 0.3 is 0 Å². The molecule has 0 aliphatic heterocycles. The molecule has 1 saturated carbocycles. The zero-order valence-electron chi connectivity index (χ0n) is 6.83. The van der Waals surface area contributed by atoms with Gasteiger partial charge in [0.05, 0.1) is 6.61 Å². The van der Waals surface area contributed by atoms with Crippen molar-refractivity contribution in [2.45, 2.75) is 25.7 Å². The fourth-order valence-corrected chi connectivity index (χ4v) is 2.13. The Labute approximate surface area is 70.6 Å². The van der Waals surface area contributed by atoms with Crippen molar-refractivity contribution < 1.29 is 9.63 Å². The third kappa shape index (κ3) is 3.06. The summed E-state index contributed by atoms with van der Waals surface area (Å²) in [5.74, 6) is 1.22. The lowest BCUT2D eigenvalue weighted by atomic mass is 9.82. The van der Waals surface area contributed by atoms with Crippen molar-refractivity contribution in [3.63, 3.8) is 0 Å². The van der Waals surface area contributed by atoms with Crippen LogP contribution in [-0.4, -0.2) is 18.3 Å². The predicted molar refractivity (Wildman–Crippen MR) is 48.2 cm³/mol. The second kappa shape index (κ2) is 5.08. The highest BCUT2D eigenvalue weighted by molar-refractivity contribution is 7.09. The number of aliphatic hydroxyl groups excluding tert-OH is 1. The Morgan fingerprint density at radius 2 is 2.09 bits per heavy atom. The number of hydrogen-bond acceptors (Lipinski definition) is 2. The molecule has 1 rings (SSSR count). The first-order valence-electron chi connectivity index (χ1n) is 4.29. The second-order valence-electron chi connectivity index (χ2n) is 3.41. The van der Waals surface area contributed by atoms with Crippen molar-refractivity contribution in [2.75, 3.05) is 13.2 Å². The van der Waals surface area contributed by atoms with Gasteiger partial charge in [-0.05, 0) is 31.1 Å². The van der Waals surface area contributed by atoms with Crippen molar-refractivity contribution in [2.24, 2.45) is 11.8 Å². The van der Waals surface area contributed by atoms with Crippen LogP contribution in [0.15, 0.2) is 0 Å². The summed E-state index contributed by atoms with van der Waals surface area (Å²) < 4.78 is 5.01. The Hall–Kier alpha value is 0.350. The molecule has 0 spiro atoms. The first-order chi connectivity index (χ1) is 5.36. The van der Waals surface area contributed by atoms with Gasteiger partial charge in [-0.2, -0.15) is 0 Å². The minimum atomic E-state index is 0.355. The maximum atomic E-state index is 8.93. The molecule has 0 aromatic rings. The molecule has 1 aliphatic rings. The van der Waals surface area contributed by atoms with Crippen LogP contribution in [-0.2, 0) is 4.52 Å². The van der Waals surface area contributed by atoms with E-state index < -0.39 is 0 Å². The van der Waals surface area contributed by atoms with Crippen LogP contribution >= 0.6 is 9.47 Å². The predicted octanol–water partition coefficient (Wildman–Crippen LogP) is 1.59. The third-order valence-electron chi connectivity index (χ3n) is 2.48. The summed E-state index contributed by atoms with van der Waals surface area (Å²) in [5.41, 5.74) is 0. The van der Waals surface area contributed by atoms with E-state index in [1.54, 1.807) is 0 Å². The van der Waals surface area contributed by atoms with Gasteiger partial charge in [-0.1, -0.05) is 6.42 Å². The molecule has 0 bridgehead atoms. The number of aliphatic hydroxyl groups is 1. The molecule has 0 radical (unpaired) electrons. The Morgan fingerprint density at radius 3 is 2.73 bits per heavy atom. The van der Waals surface area contributed by atoms with Crippen molar-refractivity contribution in [1.29, 1.82) is 0 Å². The molecule has 11 heavy (non-hydrogen) atoms. The first-order valence-corrected chi connectivity index (χ1v) is 4.76. The van der Waals surface area contributed by atoms with Crippen LogP contribution in [0, 0.1) is 11.8 Å². The molecule has 2 nitrogen and oxygen atoms in total. The van der Waals surface area contributed by atoms with E-state index in [-0.39, 0.29) is 0 Å².